The monoisotopic (exact) mass is 355 g/mol. The van der Waals surface area contributed by atoms with E-state index in [1.807, 2.05) is 12.1 Å². The molecule has 0 aliphatic carbocycles. The van der Waals surface area contributed by atoms with Crippen molar-refractivity contribution in [3.05, 3.63) is 42.0 Å². The predicted octanol–water partition coefficient (Wildman–Crippen LogP) is 3.03. The van der Waals surface area contributed by atoms with Crippen molar-refractivity contribution in [1.82, 2.24) is 15.2 Å². The molecule has 3 saturated heterocycles. The number of hydrogen-bond donors (Lipinski definition) is 2. The number of carbonyl (C=O) groups excluding carboxylic acids is 1. The number of amides is 1. The summed E-state index contributed by atoms with van der Waals surface area (Å²) in [5.74, 6) is 2.50. The molecular weight excluding hydrogens is 330 g/mol. The molecule has 5 rings (SSSR count). The van der Waals surface area contributed by atoms with Crippen molar-refractivity contribution in [3.63, 3.8) is 0 Å². The number of nitrogens with zero attached hydrogens (tertiary/aromatic N) is 1. The van der Waals surface area contributed by atoms with Crippen LogP contribution in [0.2, 0.25) is 0 Å². The Morgan fingerprint density at radius 3 is 2.42 bits per heavy atom. The second-order valence-corrected chi connectivity index (χ2v) is 7.13. The lowest BCUT2D eigenvalue weighted by Crippen LogP contribution is -2.62. The molecule has 0 radical (unpaired) electrons. The second kappa shape index (κ2) is 7.03. The Morgan fingerprint density at radius 2 is 1.81 bits per heavy atom. The maximum atomic E-state index is 12.7. The first kappa shape index (κ1) is 17.0. The predicted molar refractivity (Wildman–Crippen MR) is 98.9 cm³/mol. The third-order valence-electron chi connectivity index (χ3n) is 5.67. The van der Waals surface area contributed by atoms with Gasteiger partial charge < -0.3 is 14.8 Å². The van der Waals surface area contributed by atoms with Crippen LogP contribution in [-0.2, 0) is 0 Å². The summed E-state index contributed by atoms with van der Waals surface area (Å²) in [4.78, 5) is 18.1. The Morgan fingerprint density at radius 1 is 1.12 bits per heavy atom. The van der Waals surface area contributed by atoms with Crippen LogP contribution < -0.4 is 14.8 Å². The largest absolute Gasteiger partial charge is 0.482 e. The summed E-state index contributed by atoms with van der Waals surface area (Å²) in [6.45, 7) is 4.54. The van der Waals surface area contributed by atoms with E-state index in [0.29, 0.717) is 35.0 Å². The maximum absolute atomic E-state index is 12.7. The van der Waals surface area contributed by atoms with Crippen LogP contribution in [-0.4, -0.2) is 48.1 Å². The maximum Gasteiger partial charge on any atom is 0.251 e. The fraction of sp³-hybridized carbons (Fsp3) is 0.450. The number of nitrogens with one attached hydrogen (secondary N) is 2. The standard InChI is InChI=1S/C20H25N3O3/c1-13-19(14-9-11-23(13)12-10-14)22-20(24)15-3-5-16(6-4-15)26-18-8-7-17(21-18)25-2/h3-8,13-14,19,21H,9-12H2,1-2H3,(H,22,24)/t13-,19-/m0/s1. The van der Waals surface area contributed by atoms with Gasteiger partial charge in [0.15, 0.2) is 11.8 Å². The van der Waals surface area contributed by atoms with Gasteiger partial charge in [-0.25, -0.2) is 0 Å². The van der Waals surface area contributed by atoms with Crippen LogP contribution in [0.4, 0.5) is 0 Å². The van der Waals surface area contributed by atoms with E-state index in [2.05, 4.69) is 22.1 Å². The molecule has 1 aromatic carbocycles. The third-order valence-corrected chi connectivity index (χ3v) is 5.67. The van der Waals surface area contributed by atoms with Crippen LogP contribution in [0.15, 0.2) is 36.4 Å². The van der Waals surface area contributed by atoms with Gasteiger partial charge in [0.2, 0.25) is 0 Å². The fourth-order valence-electron chi connectivity index (χ4n) is 4.12. The van der Waals surface area contributed by atoms with Gasteiger partial charge in [0, 0.05) is 29.8 Å². The molecule has 3 aliphatic rings. The molecule has 1 aromatic heterocycles. The topological polar surface area (TPSA) is 66.6 Å². The van der Waals surface area contributed by atoms with Crippen molar-refractivity contribution in [2.75, 3.05) is 20.2 Å². The molecule has 6 heteroatoms. The Balaban J connectivity index is 1.39. The van der Waals surface area contributed by atoms with Crippen molar-refractivity contribution in [3.8, 4) is 17.5 Å². The molecule has 3 aliphatic heterocycles. The number of carbonyl (C=O) groups is 1. The first-order valence-corrected chi connectivity index (χ1v) is 9.20. The summed E-state index contributed by atoms with van der Waals surface area (Å²) in [7, 11) is 1.60. The second-order valence-electron chi connectivity index (χ2n) is 7.13. The molecule has 0 unspecified atom stereocenters. The van der Waals surface area contributed by atoms with Crippen molar-refractivity contribution in [1.29, 1.82) is 0 Å². The van der Waals surface area contributed by atoms with E-state index in [1.165, 1.54) is 12.8 Å². The first-order valence-electron chi connectivity index (χ1n) is 9.20. The van der Waals surface area contributed by atoms with E-state index in [0.717, 1.165) is 13.1 Å². The summed E-state index contributed by atoms with van der Waals surface area (Å²) in [5.41, 5.74) is 0.657. The molecule has 2 N–H and O–H groups in total. The zero-order chi connectivity index (χ0) is 18.1. The third kappa shape index (κ3) is 3.29. The summed E-state index contributed by atoms with van der Waals surface area (Å²) < 4.78 is 10.8. The first-order chi connectivity index (χ1) is 12.6. The van der Waals surface area contributed by atoms with Gasteiger partial charge in [-0.2, -0.15) is 0 Å². The zero-order valence-corrected chi connectivity index (χ0v) is 15.2. The molecule has 3 fully saturated rings. The molecule has 4 heterocycles. The molecule has 0 saturated carbocycles. The smallest absolute Gasteiger partial charge is 0.251 e. The van der Waals surface area contributed by atoms with Gasteiger partial charge in [-0.3, -0.25) is 14.7 Å². The number of benzene rings is 1. The van der Waals surface area contributed by atoms with Gasteiger partial charge in [-0.05, 0) is 63.0 Å². The quantitative estimate of drug-likeness (QED) is 0.865. The van der Waals surface area contributed by atoms with E-state index >= 15 is 0 Å². The Bertz CT molecular complexity index is 761. The van der Waals surface area contributed by atoms with Crippen LogP contribution >= 0.6 is 0 Å². The van der Waals surface area contributed by atoms with Crippen LogP contribution in [0.1, 0.15) is 30.1 Å². The van der Waals surface area contributed by atoms with Gasteiger partial charge in [-0.15, -0.1) is 0 Å². The van der Waals surface area contributed by atoms with Gasteiger partial charge in [0.1, 0.15) is 5.75 Å². The van der Waals surface area contributed by atoms with Crippen LogP contribution in [0, 0.1) is 5.92 Å². The number of ether oxygens (including phenoxy) is 2. The lowest BCUT2D eigenvalue weighted by molar-refractivity contribution is 0.0217. The highest BCUT2D eigenvalue weighted by Crippen LogP contribution is 2.32. The number of methoxy groups -OCH3 is 1. The molecule has 6 nitrogen and oxygen atoms in total. The average molecular weight is 355 g/mol. The molecule has 138 valence electrons. The summed E-state index contributed by atoms with van der Waals surface area (Å²) in [6.07, 6.45) is 2.36. The molecule has 2 atom stereocenters. The van der Waals surface area contributed by atoms with Crippen LogP contribution in [0.3, 0.4) is 0 Å². The summed E-state index contributed by atoms with van der Waals surface area (Å²) in [5, 5.41) is 3.25. The van der Waals surface area contributed by atoms with E-state index in [9.17, 15) is 4.79 Å². The molecular formula is C20H25N3O3. The Hall–Kier alpha value is -2.47. The molecule has 2 aromatic rings. The van der Waals surface area contributed by atoms with Gasteiger partial charge in [0.25, 0.3) is 5.91 Å². The van der Waals surface area contributed by atoms with Gasteiger partial charge in [0.05, 0.1) is 7.11 Å². The molecule has 2 bridgehead atoms. The number of H-pyrrole nitrogens is 1. The number of aromatic amines is 1. The number of fused-ring (bicyclic) bond motifs is 3. The van der Waals surface area contributed by atoms with E-state index in [-0.39, 0.29) is 11.9 Å². The van der Waals surface area contributed by atoms with Crippen LogP contribution in [0.25, 0.3) is 0 Å². The number of rotatable bonds is 5. The number of aromatic nitrogens is 1. The molecule has 26 heavy (non-hydrogen) atoms. The number of hydrogen-bond acceptors (Lipinski definition) is 4. The lowest BCUT2D eigenvalue weighted by Gasteiger charge is -2.49. The van der Waals surface area contributed by atoms with Crippen molar-refractivity contribution in [2.45, 2.75) is 31.8 Å². The molecule has 1 amide bonds. The minimum Gasteiger partial charge on any atom is -0.482 e. The van der Waals surface area contributed by atoms with E-state index in [4.69, 9.17) is 9.47 Å². The highest BCUT2D eigenvalue weighted by Gasteiger charge is 2.40. The average Bonchev–Trinajstić information content (AvgIpc) is 3.13. The minimum absolute atomic E-state index is 0.0105. The number of piperidine rings is 3. The van der Waals surface area contributed by atoms with Gasteiger partial charge in [-0.1, -0.05) is 0 Å². The highest BCUT2D eigenvalue weighted by molar-refractivity contribution is 5.94. The Kier molecular flexibility index (Phi) is 4.59. The van der Waals surface area contributed by atoms with Crippen LogP contribution in [0.5, 0.6) is 17.5 Å². The summed E-state index contributed by atoms with van der Waals surface area (Å²) in [6, 6.07) is 11.5. The van der Waals surface area contributed by atoms with Crippen molar-refractivity contribution < 1.29 is 14.3 Å². The minimum atomic E-state index is -0.0105. The summed E-state index contributed by atoms with van der Waals surface area (Å²) >= 11 is 0. The zero-order valence-electron chi connectivity index (χ0n) is 15.2. The molecule has 0 spiro atoms. The van der Waals surface area contributed by atoms with Crippen molar-refractivity contribution in [2.24, 2.45) is 5.92 Å². The van der Waals surface area contributed by atoms with Gasteiger partial charge >= 0.3 is 0 Å². The Labute approximate surface area is 153 Å². The highest BCUT2D eigenvalue weighted by atomic mass is 16.5. The van der Waals surface area contributed by atoms with E-state index in [1.54, 1.807) is 31.4 Å². The van der Waals surface area contributed by atoms with E-state index < -0.39 is 0 Å². The lowest BCUT2D eigenvalue weighted by atomic mass is 9.79. The van der Waals surface area contributed by atoms with Crippen molar-refractivity contribution >= 4 is 5.91 Å². The fourth-order valence-corrected chi connectivity index (χ4v) is 4.12. The SMILES string of the molecule is COc1ccc(Oc2ccc(C(=O)N[C@@H]3C4CCN(CC4)[C@H]3C)cc2)[nH]1. The normalized spacial score (nSPS) is 27.2.